The molecule has 0 heterocycles. The SMILES string of the molecule is O=C(O)C1Cc2cccc(F)c21. The van der Waals surface area contributed by atoms with Gasteiger partial charge in [0.25, 0.3) is 0 Å². The first-order chi connectivity index (χ1) is 5.70. The van der Waals surface area contributed by atoms with Gasteiger partial charge in [-0.05, 0) is 18.1 Å². The highest BCUT2D eigenvalue weighted by Gasteiger charge is 2.34. The minimum absolute atomic E-state index is 0.366. The molecule has 62 valence electrons. The van der Waals surface area contributed by atoms with Crippen molar-refractivity contribution in [3.05, 3.63) is 35.1 Å². The fourth-order valence-electron chi connectivity index (χ4n) is 1.55. The molecule has 1 aromatic rings. The summed E-state index contributed by atoms with van der Waals surface area (Å²) in [6.45, 7) is 0. The minimum atomic E-state index is -0.937. The molecule has 0 aromatic heterocycles. The zero-order valence-electron chi connectivity index (χ0n) is 6.25. The van der Waals surface area contributed by atoms with Crippen molar-refractivity contribution in [2.24, 2.45) is 0 Å². The molecule has 1 aromatic carbocycles. The van der Waals surface area contributed by atoms with Crippen LogP contribution in [0.15, 0.2) is 18.2 Å². The van der Waals surface area contributed by atoms with Crippen molar-refractivity contribution in [2.75, 3.05) is 0 Å². The molecule has 0 aliphatic heterocycles. The number of rotatable bonds is 1. The fraction of sp³-hybridized carbons (Fsp3) is 0.222. The lowest BCUT2D eigenvalue weighted by atomic mass is 9.77. The molecule has 12 heavy (non-hydrogen) atoms. The van der Waals surface area contributed by atoms with Crippen LogP contribution in [0.3, 0.4) is 0 Å². The molecular formula is C9H7FO2. The highest BCUT2D eigenvalue weighted by Crippen LogP contribution is 2.36. The lowest BCUT2D eigenvalue weighted by molar-refractivity contribution is -0.139. The van der Waals surface area contributed by atoms with Crippen molar-refractivity contribution >= 4 is 5.97 Å². The third-order valence-corrected chi connectivity index (χ3v) is 2.21. The highest BCUT2D eigenvalue weighted by atomic mass is 19.1. The second kappa shape index (κ2) is 2.30. The van der Waals surface area contributed by atoms with Crippen molar-refractivity contribution in [2.45, 2.75) is 12.3 Å². The van der Waals surface area contributed by atoms with Gasteiger partial charge >= 0.3 is 5.97 Å². The first-order valence-electron chi connectivity index (χ1n) is 3.70. The van der Waals surface area contributed by atoms with E-state index >= 15 is 0 Å². The summed E-state index contributed by atoms with van der Waals surface area (Å²) in [5.41, 5.74) is 1.19. The van der Waals surface area contributed by atoms with Crippen molar-refractivity contribution in [1.82, 2.24) is 0 Å². The lowest BCUT2D eigenvalue weighted by Gasteiger charge is -2.26. The number of carboxylic acids is 1. The molecule has 0 saturated heterocycles. The van der Waals surface area contributed by atoms with Gasteiger partial charge in [0.2, 0.25) is 0 Å². The minimum Gasteiger partial charge on any atom is -0.481 e. The van der Waals surface area contributed by atoms with Crippen LogP contribution in [0.5, 0.6) is 0 Å². The standard InChI is InChI=1S/C9H7FO2/c10-7-3-1-2-5-4-6(8(5)7)9(11)12/h1-3,6H,4H2,(H,11,12). The molecule has 1 atom stereocenters. The van der Waals surface area contributed by atoms with E-state index in [0.717, 1.165) is 5.56 Å². The molecule has 0 fully saturated rings. The van der Waals surface area contributed by atoms with Gasteiger partial charge in [0.15, 0.2) is 0 Å². The molecule has 2 rings (SSSR count). The maximum atomic E-state index is 13.0. The molecule has 0 spiro atoms. The van der Waals surface area contributed by atoms with E-state index in [9.17, 15) is 9.18 Å². The van der Waals surface area contributed by atoms with Gasteiger partial charge in [0.1, 0.15) is 5.82 Å². The van der Waals surface area contributed by atoms with E-state index in [2.05, 4.69) is 0 Å². The van der Waals surface area contributed by atoms with Crippen LogP contribution < -0.4 is 0 Å². The van der Waals surface area contributed by atoms with Gasteiger partial charge in [-0.2, -0.15) is 0 Å². The zero-order valence-corrected chi connectivity index (χ0v) is 6.25. The first-order valence-corrected chi connectivity index (χ1v) is 3.70. The Balaban J connectivity index is 2.45. The van der Waals surface area contributed by atoms with E-state index in [0.29, 0.717) is 12.0 Å². The summed E-state index contributed by atoms with van der Waals surface area (Å²) in [5, 5.41) is 8.64. The topological polar surface area (TPSA) is 37.3 Å². The van der Waals surface area contributed by atoms with Gasteiger partial charge in [0.05, 0.1) is 5.92 Å². The lowest BCUT2D eigenvalue weighted by Crippen LogP contribution is -2.26. The Morgan fingerprint density at radius 1 is 1.58 bits per heavy atom. The van der Waals surface area contributed by atoms with Crippen LogP contribution in [-0.2, 0) is 11.2 Å². The summed E-state index contributed by atoms with van der Waals surface area (Å²) in [6, 6.07) is 4.66. The van der Waals surface area contributed by atoms with E-state index in [1.807, 2.05) is 0 Å². The van der Waals surface area contributed by atoms with E-state index in [1.165, 1.54) is 6.07 Å². The Labute approximate surface area is 68.6 Å². The molecule has 1 unspecified atom stereocenters. The third kappa shape index (κ3) is 0.826. The van der Waals surface area contributed by atoms with Crippen LogP contribution in [0.1, 0.15) is 17.0 Å². The maximum Gasteiger partial charge on any atom is 0.311 e. The Kier molecular flexibility index (Phi) is 1.40. The molecule has 3 heteroatoms. The van der Waals surface area contributed by atoms with Crippen molar-refractivity contribution in [3.63, 3.8) is 0 Å². The molecular weight excluding hydrogens is 159 g/mol. The van der Waals surface area contributed by atoms with Crippen molar-refractivity contribution in [3.8, 4) is 0 Å². The van der Waals surface area contributed by atoms with Crippen LogP contribution in [0.25, 0.3) is 0 Å². The zero-order chi connectivity index (χ0) is 8.72. The van der Waals surface area contributed by atoms with E-state index in [4.69, 9.17) is 5.11 Å². The summed E-state index contributed by atoms with van der Waals surface area (Å²) in [4.78, 5) is 10.5. The number of carboxylic acid groups (broad SMARTS) is 1. The van der Waals surface area contributed by atoms with Gasteiger partial charge in [-0.3, -0.25) is 4.79 Å². The van der Waals surface area contributed by atoms with Crippen molar-refractivity contribution in [1.29, 1.82) is 0 Å². The summed E-state index contributed by atoms with van der Waals surface area (Å²) in [7, 11) is 0. The number of hydrogen-bond acceptors (Lipinski definition) is 1. The Morgan fingerprint density at radius 2 is 2.33 bits per heavy atom. The molecule has 0 saturated carbocycles. The van der Waals surface area contributed by atoms with Crippen LogP contribution >= 0.6 is 0 Å². The molecule has 1 aliphatic carbocycles. The number of fused-ring (bicyclic) bond motifs is 1. The van der Waals surface area contributed by atoms with E-state index in [1.54, 1.807) is 12.1 Å². The summed E-state index contributed by atoms with van der Waals surface area (Å²) in [6.07, 6.45) is 0.461. The largest absolute Gasteiger partial charge is 0.481 e. The molecule has 1 aliphatic rings. The summed E-state index contributed by atoms with van der Waals surface area (Å²) in [5.74, 6) is -1.96. The first kappa shape index (κ1) is 7.28. The summed E-state index contributed by atoms with van der Waals surface area (Å²) < 4.78 is 13.0. The monoisotopic (exact) mass is 166 g/mol. The summed E-state index contributed by atoms with van der Waals surface area (Å²) >= 11 is 0. The Bertz CT molecular complexity index is 332. The van der Waals surface area contributed by atoms with Gasteiger partial charge in [-0.1, -0.05) is 12.1 Å². The van der Waals surface area contributed by atoms with Gasteiger partial charge in [-0.25, -0.2) is 4.39 Å². The van der Waals surface area contributed by atoms with Gasteiger partial charge in [-0.15, -0.1) is 0 Å². The normalized spacial score (nSPS) is 19.6. The van der Waals surface area contributed by atoms with E-state index < -0.39 is 17.7 Å². The highest BCUT2D eigenvalue weighted by molar-refractivity contribution is 5.80. The molecule has 1 N–H and O–H groups in total. The Hall–Kier alpha value is -1.38. The van der Waals surface area contributed by atoms with Crippen LogP contribution in [-0.4, -0.2) is 11.1 Å². The van der Waals surface area contributed by atoms with Crippen LogP contribution in [0, 0.1) is 5.82 Å². The van der Waals surface area contributed by atoms with Gasteiger partial charge < -0.3 is 5.11 Å². The maximum absolute atomic E-state index is 13.0. The van der Waals surface area contributed by atoms with Crippen LogP contribution in [0.4, 0.5) is 4.39 Å². The predicted molar refractivity (Wildman–Crippen MR) is 40.5 cm³/mol. The average Bonchev–Trinajstić information content (AvgIpc) is 1.91. The number of carbonyl (C=O) groups is 1. The number of benzene rings is 1. The molecule has 0 amide bonds. The number of halogens is 1. The third-order valence-electron chi connectivity index (χ3n) is 2.21. The van der Waals surface area contributed by atoms with Crippen molar-refractivity contribution < 1.29 is 14.3 Å². The average molecular weight is 166 g/mol. The Morgan fingerprint density at radius 3 is 2.92 bits per heavy atom. The van der Waals surface area contributed by atoms with Crippen LogP contribution in [0.2, 0.25) is 0 Å². The molecule has 0 bridgehead atoms. The van der Waals surface area contributed by atoms with E-state index in [-0.39, 0.29) is 0 Å². The smallest absolute Gasteiger partial charge is 0.311 e. The number of hydrogen-bond donors (Lipinski definition) is 1. The quantitative estimate of drug-likeness (QED) is 0.687. The molecule has 0 radical (unpaired) electrons. The van der Waals surface area contributed by atoms with Gasteiger partial charge in [0, 0.05) is 5.56 Å². The second-order valence-corrected chi connectivity index (χ2v) is 2.91. The molecule has 2 nitrogen and oxygen atoms in total. The fourth-order valence-corrected chi connectivity index (χ4v) is 1.55. The predicted octanol–water partition coefficient (Wildman–Crippen LogP) is 1.55. The number of aliphatic carboxylic acids is 1. The second-order valence-electron chi connectivity index (χ2n) is 2.91.